The van der Waals surface area contributed by atoms with Crippen LogP contribution in [0.4, 0.5) is 0 Å². The van der Waals surface area contributed by atoms with Crippen molar-refractivity contribution in [2.45, 2.75) is 13.5 Å². The normalized spacial score (nSPS) is 10.9. The Labute approximate surface area is 101 Å². The second-order valence-electron chi connectivity index (χ2n) is 4.29. The summed E-state index contributed by atoms with van der Waals surface area (Å²) in [6, 6.07) is 14.7. The fourth-order valence-electron chi connectivity index (χ4n) is 2.13. The highest BCUT2D eigenvalue weighted by atomic mass is 15.0. The molecule has 0 fully saturated rings. The highest BCUT2D eigenvalue weighted by Gasteiger charge is 2.04. The Balaban J connectivity index is 2.05. The molecule has 0 N–H and O–H groups in total. The number of nitrogens with zero attached hydrogens (tertiary/aromatic N) is 2. The molecule has 0 bridgehead atoms. The number of fused-ring (bicyclic) bond motifs is 1. The summed E-state index contributed by atoms with van der Waals surface area (Å²) in [6.07, 6.45) is 3.98. The van der Waals surface area contributed by atoms with Crippen LogP contribution in [0.1, 0.15) is 11.1 Å². The maximum Gasteiger partial charge on any atom is 0.140 e. The van der Waals surface area contributed by atoms with Gasteiger partial charge >= 0.3 is 0 Å². The molecule has 0 amide bonds. The SMILES string of the molecule is Cc1ccnc2c1ccn2Cc1ccccc1. The molecule has 2 aromatic heterocycles. The van der Waals surface area contributed by atoms with E-state index < -0.39 is 0 Å². The second-order valence-corrected chi connectivity index (χ2v) is 4.29. The molecule has 0 aliphatic heterocycles. The lowest BCUT2D eigenvalue weighted by Gasteiger charge is -2.05. The molecule has 3 rings (SSSR count). The number of hydrogen-bond donors (Lipinski definition) is 0. The summed E-state index contributed by atoms with van der Waals surface area (Å²) in [5.74, 6) is 0. The summed E-state index contributed by atoms with van der Waals surface area (Å²) >= 11 is 0. The highest BCUT2D eigenvalue weighted by Crippen LogP contribution is 2.18. The summed E-state index contributed by atoms with van der Waals surface area (Å²) in [6.45, 7) is 3.00. The van der Waals surface area contributed by atoms with Gasteiger partial charge in [-0.2, -0.15) is 0 Å². The monoisotopic (exact) mass is 222 g/mol. The molecule has 2 heterocycles. The van der Waals surface area contributed by atoms with Crippen molar-refractivity contribution in [3.8, 4) is 0 Å². The van der Waals surface area contributed by atoms with Crippen molar-refractivity contribution in [2.24, 2.45) is 0 Å². The minimum atomic E-state index is 0.876. The van der Waals surface area contributed by atoms with Crippen LogP contribution in [0.25, 0.3) is 11.0 Å². The van der Waals surface area contributed by atoms with Crippen LogP contribution in [0.3, 0.4) is 0 Å². The minimum absolute atomic E-state index is 0.876. The maximum atomic E-state index is 4.46. The lowest BCUT2D eigenvalue weighted by atomic mass is 10.2. The fraction of sp³-hybridized carbons (Fsp3) is 0.133. The van der Waals surface area contributed by atoms with E-state index in [2.05, 4.69) is 59.1 Å². The van der Waals surface area contributed by atoms with E-state index in [-0.39, 0.29) is 0 Å². The van der Waals surface area contributed by atoms with Crippen LogP contribution in [0, 0.1) is 6.92 Å². The van der Waals surface area contributed by atoms with Gasteiger partial charge < -0.3 is 4.57 Å². The third-order valence-corrected chi connectivity index (χ3v) is 3.08. The topological polar surface area (TPSA) is 17.8 Å². The zero-order valence-corrected chi connectivity index (χ0v) is 9.80. The molecule has 0 aliphatic rings. The number of benzene rings is 1. The van der Waals surface area contributed by atoms with Crippen molar-refractivity contribution in [1.29, 1.82) is 0 Å². The largest absolute Gasteiger partial charge is 0.328 e. The van der Waals surface area contributed by atoms with Gasteiger partial charge in [0.15, 0.2) is 0 Å². The Hall–Kier alpha value is -2.09. The van der Waals surface area contributed by atoms with Gasteiger partial charge in [0, 0.05) is 24.3 Å². The molecule has 0 aliphatic carbocycles. The van der Waals surface area contributed by atoms with Gasteiger partial charge in [-0.3, -0.25) is 0 Å². The zero-order valence-electron chi connectivity index (χ0n) is 9.80. The Morgan fingerprint density at radius 3 is 2.71 bits per heavy atom. The molecule has 0 saturated heterocycles. The maximum absolute atomic E-state index is 4.46. The van der Waals surface area contributed by atoms with E-state index >= 15 is 0 Å². The second kappa shape index (κ2) is 4.06. The average Bonchev–Trinajstić information content (AvgIpc) is 2.76. The quantitative estimate of drug-likeness (QED) is 0.650. The van der Waals surface area contributed by atoms with E-state index in [0.29, 0.717) is 0 Å². The third kappa shape index (κ3) is 1.82. The summed E-state index contributed by atoms with van der Waals surface area (Å²) in [7, 11) is 0. The molecule has 0 spiro atoms. The Morgan fingerprint density at radius 2 is 1.88 bits per heavy atom. The predicted octanol–water partition coefficient (Wildman–Crippen LogP) is 3.39. The molecule has 0 atom stereocenters. The highest BCUT2D eigenvalue weighted by molar-refractivity contribution is 5.79. The summed E-state index contributed by atoms with van der Waals surface area (Å²) in [4.78, 5) is 4.46. The van der Waals surface area contributed by atoms with Gasteiger partial charge in [0.2, 0.25) is 0 Å². The van der Waals surface area contributed by atoms with Crippen LogP contribution in [-0.2, 0) is 6.54 Å². The van der Waals surface area contributed by atoms with Gasteiger partial charge in [-0.05, 0) is 30.2 Å². The van der Waals surface area contributed by atoms with Gasteiger partial charge in [-0.15, -0.1) is 0 Å². The van der Waals surface area contributed by atoms with Gasteiger partial charge in [0.1, 0.15) is 5.65 Å². The summed E-state index contributed by atoms with van der Waals surface area (Å²) < 4.78 is 2.19. The molecule has 2 heteroatoms. The van der Waals surface area contributed by atoms with E-state index in [4.69, 9.17) is 0 Å². The standard InChI is InChI=1S/C15H14N2/c1-12-7-9-16-15-14(12)8-10-17(15)11-13-5-3-2-4-6-13/h2-10H,11H2,1H3. The van der Waals surface area contributed by atoms with E-state index in [1.165, 1.54) is 16.5 Å². The van der Waals surface area contributed by atoms with Crippen molar-refractivity contribution < 1.29 is 0 Å². The van der Waals surface area contributed by atoms with Crippen molar-refractivity contribution in [3.63, 3.8) is 0 Å². The van der Waals surface area contributed by atoms with Crippen LogP contribution < -0.4 is 0 Å². The molecule has 3 aromatic rings. The van der Waals surface area contributed by atoms with Crippen LogP contribution >= 0.6 is 0 Å². The number of aromatic nitrogens is 2. The van der Waals surface area contributed by atoms with E-state index in [9.17, 15) is 0 Å². The Kier molecular flexibility index (Phi) is 2.41. The molecule has 2 nitrogen and oxygen atoms in total. The van der Waals surface area contributed by atoms with Crippen LogP contribution in [0.2, 0.25) is 0 Å². The smallest absolute Gasteiger partial charge is 0.140 e. The Bertz CT molecular complexity index is 638. The molecular formula is C15H14N2. The number of rotatable bonds is 2. The fourth-order valence-corrected chi connectivity index (χ4v) is 2.13. The van der Waals surface area contributed by atoms with Crippen LogP contribution in [0.15, 0.2) is 54.9 Å². The third-order valence-electron chi connectivity index (χ3n) is 3.08. The first kappa shape index (κ1) is 10.1. The first-order chi connectivity index (χ1) is 8.34. The molecule has 1 aromatic carbocycles. The lowest BCUT2D eigenvalue weighted by molar-refractivity contribution is 0.825. The number of pyridine rings is 1. The van der Waals surface area contributed by atoms with Gasteiger partial charge in [0.05, 0.1) is 0 Å². The number of aryl methyl sites for hydroxylation is 1. The van der Waals surface area contributed by atoms with Gasteiger partial charge in [-0.25, -0.2) is 4.98 Å². The first-order valence-corrected chi connectivity index (χ1v) is 5.79. The molecule has 17 heavy (non-hydrogen) atoms. The average molecular weight is 222 g/mol. The summed E-state index contributed by atoms with van der Waals surface area (Å²) in [5, 5.41) is 1.24. The predicted molar refractivity (Wildman–Crippen MR) is 70.0 cm³/mol. The van der Waals surface area contributed by atoms with Gasteiger partial charge in [-0.1, -0.05) is 30.3 Å². The van der Waals surface area contributed by atoms with E-state index in [1.807, 2.05) is 12.3 Å². The summed E-state index contributed by atoms with van der Waals surface area (Å²) in [5.41, 5.74) is 3.64. The number of hydrogen-bond acceptors (Lipinski definition) is 1. The molecule has 0 unspecified atom stereocenters. The van der Waals surface area contributed by atoms with Crippen molar-refractivity contribution in [1.82, 2.24) is 9.55 Å². The molecule has 0 saturated carbocycles. The minimum Gasteiger partial charge on any atom is -0.328 e. The van der Waals surface area contributed by atoms with Crippen molar-refractivity contribution in [3.05, 3.63) is 66.0 Å². The van der Waals surface area contributed by atoms with Crippen molar-refractivity contribution in [2.75, 3.05) is 0 Å². The molecule has 0 radical (unpaired) electrons. The first-order valence-electron chi connectivity index (χ1n) is 5.79. The molecular weight excluding hydrogens is 208 g/mol. The molecule has 84 valence electrons. The van der Waals surface area contributed by atoms with Gasteiger partial charge in [0.25, 0.3) is 0 Å². The van der Waals surface area contributed by atoms with Crippen LogP contribution in [0.5, 0.6) is 0 Å². The van der Waals surface area contributed by atoms with Crippen molar-refractivity contribution >= 4 is 11.0 Å². The van der Waals surface area contributed by atoms with E-state index in [0.717, 1.165) is 12.2 Å². The van der Waals surface area contributed by atoms with Crippen LogP contribution in [-0.4, -0.2) is 9.55 Å². The lowest BCUT2D eigenvalue weighted by Crippen LogP contribution is -1.98. The van der Waals surface area contributed by atoms with E-state index in [1.54, 1.807) is 0 Å². The zero-order chi connectivity index (χ0) is 11.7. The Morgan fingerprint density at radius 1 is 1.06 bits per heavy atom.